The molecule has 2 N–H and O–H groups in total. The van der Waals surface area contributed by atoms with Crippen LogP contribution in [0.4, 0.5) is 0 Å². The highest BCUT2D eigenvalue weighted by Crippen LogP contribution is 2.37. The Labute approximate surface area is 108 Å². The number of hydrogen-bond donors (Lipinski definition) is 2. The van der Waals surface area contributed by atoms with Crippen molar-refractivity contribution in [2.45, 2.75) is 31.7 Å². The van der Waals surface area contributed by atoms with Gasteiger partial charge in [0.05, 0.1) is 0 Å². The summed E-state index contributed by atoms with van der Waals surface area (Å²) in [5.41, 5.74) is 3.30. The zero-order valence-electron chi connectivity index (χ0n) is 10.8. The third-order valence-corrected chi connectivity index (χ3v) is 4.08. The van der Waals surface area contributed by atoms with Gasteiger partial charge in [0.15, 0.2) is 0 Å². The zero-order valence-corrected chi connectivity index (χ0v) is 10.8. The Balaban J connectivity index is 1.87. The van der Waals surface area contributed by atoms with Crippen molar-refractivity contribution in [1.82, 2.24) is 10.6 Å². The van der Waals surface area contributed by atoms with Gasteiger partial charge in [-0.3, -0.25) is 4.79 Å². The van der Waals surface area contributed by atoms with Crippen molar-refractivity contribution < 1.29 is 4.79 Å². The number of nitrogens with one attached hydrogen (secondary N) is 2. The van der Waals surface area contributed by atoms with Gasteiger partial charge in [-0.15, -0.1) is 0 Å². The number of hydrogen-bond acceptors (Lipinski definition) is 2. The first-order chi connectivity index (χ1) is 8.78. The van der Waals surface area contributed by atoms with Gasteiger partial charge in [-0.05, 0) is 43.0 Å². The lowest BCUT2D eigenvalue weighted by Crippen LogP contribution is -2.32. The normalized spacial score (nSPS) is 20.2. The molecule has 1 amide bonds. The predicted octanol–water partition coefficient (Wildman–Crippen LogP) is 2.03. The minimum absolute atomic E-state index is 0.0828. The Hall–Kier alpha value is -1.35. The highest BCUT2D eigenvalue weighted by Gasteiger charge is 2.26. The Morgan fingerprint density at radius 1 is 1.44 bits per heavy atom. The van der Waals surface area contributed by atoms with E-state index in [1.165, 1.54) is 30.4 Å². The minimum Gasteiger partial charge on any atom is -0.352 e. The monoisotopic (exact) mass is 244 g/mol. The fourth-order valence-corrected chi connectivity index (χ4v) is 2.75. The molecule has 1 aromatic carbocycles. The molecule has 18 heavy (non-hydrogen) atoms. The largest absolute Gasteiger partial charge is 0.352 e. The van der Waals surface area contributed by atoms with E-state index in [1.807, 2.05) is 7.05 Å². The summed E-state index contributed by atoms with van der Waals surface area (Å²) < 4.78 is 0. The summed E-state index contributed by atoms with van der Waals surface area (Å²) in [4.78, 5) is 11.9. The van der Waals surface area contributed by atoms with Crippen molar-refractivity contribution in [2.75, 3.05) is 13.6 Å². The number of benzene rings is 1. The molecule has 1 saturated carbocycles. The zero-order chi connectivity index (χ0) is 12.5. The Kier molecular flexibility index (Phi) is 3.08. The molecule has 0 spiro atoms. The van der Waals surface area contributed by atoms with Gasteiger partial charge in [0.2, 0.25) is 0 Å². The molecule has 0 saturated heterocycles. The summed E-state index contributed by atoms with van der Waals surface area (Å²) in [6.45, 7) is 0.767. The van der Waals surface area contributed by atoms with Gasteiger partial charge >= 0.3 is 0 Å². The van der Waals surface area contributed by atoms with Crippen molar-refractivity contribution in [3.8, 4) is 0 Å². The van der Waals surface area contributed by atoms with Crippen molar-refractivity contribution >= 4 is 5.91 Å². The smallest absolute Gasteiger partial charge is 0.251 e. The fraction of sp³-hybridized carbons (Fsp3) is 0.533. The third kappa shape index (κ3) is 2.27. The number of fused-ring (bicyclic) bond motifs is 1. The molecule has 3 rings (SSSR count). The molecule has 1 aliphatic heterocycles. The van der Waals surface area contributed by atoms with Crippen molar-refractivity contribution in [3.05, 3.63) is 34.9 Å². The van der Waals surface area contributed by atoms with Gasteiger partial charge in [0.1, 0.15) is 0 Å². The van der Waals surface area contributed by atoms with Crippen LogP contribution in [-0.4, -0.2) is 19.5 Å². The quantitative estimate of drug-likeness (QED) is 0.851. The lowest BCUT2D eigenvalue weighted by atomic mass is 9.93. The maximum atomic E-state index is 11.9. The van der Waals surface area contributed by atoms with E-state index in [0.717, 1.165) is 24.4 Å². The second-order valence-corrected chi connectivity index (χ2v) is 5.44. The van der Waals surface area contributed by atoms with Crippen LogP contribution in [0, 0.1) is 5.92 Å². The van der Waals surface area contributed by atoms with E-state index in [9.17, 15) is 4.79 Å². The van der Waals surface area contributed by atoms with E-state index in [-0.39, 0.29) is 5.91 Å². The van der Waals surface area contributed by atoms with Crippen molar-refractivity contribution in [2.24, 2.45) is 5.92 Å². The molecule has 1 heterocycles. The van der Waals surface area contributed by atoms with Crippen LogP contribution in [0.5, 0.6) is 0 Å². The summed E-state index contributed by atoms with van der Waals surface area (Å²) in [6.07, 6.45) is 4.87. The average molecular weight is 244 g/mol. The van der Waals surface area contributed by atoms with Gasteiger partial charge < -0.3 is 10.6 Å². The molecule has 1 unspecified atom stereocenters. The van der Waals surface area contributed by atoms with Gasteiger partial charge in [-0.2, -0.15) is 0 Å². The molecule has 1 aliphatic carbocycles. The van der Waals surface area contributed by atoms with Crippen LogP contribution >= 0.6 is 0 Å². The predicted molar refractivity (Wildman–Crippen MR) is 71.6 cm³/mol. The number of amides is 1. The first kappa shape index (κ1) is 11.7. The van der Waals surface area contributed by atoms with Crippen LogP contribution < -0.4 is 10.6 Å². The van der Waals surface area contributed by atoms with Gasteiger partial charge in [-0.25, -0.2) is 0 Å². The van der Waals surface area contributed by atoms with Crippen LogP contribution in [-0.2, 0) is 6.42 Å². The molecule has 3 heteroatoms. The van der Waals surface area contributed by atoms with Crippen molar-refractivity contribution in [3.63, 3.8) is 0 Å². The molecular formula is C15H20N2O. The molecule has 1 aromatic rings. The van der Waals surface area contributed by atoms with Crippen LogP contribution in [0.25, 0.3) is 0 Å². The van der Waals surface area contributed by atoms with Crippen LogP contribution in [0.2, 0.25) is 0 Å². The first-order valence-corrected chi connectivity index (χ1v) is 6.86. The molecule has 96 valence electrons. The highest BCUT2D eigenvalue weighted by atomic mass is 16.1. The molecule has 1 fully saturated rings. The summed E-state index contributed by atoms with van der Waals surface area (Å²) >= 11 is 0. The van der Waals surface area contributed by atoms with E-state index < -0.39 is 0 Å². The lowest BCUT2D eigenvalue weighted by Gasteiger charge is -2.21. The Morgan fingerprint density at radius 3 is 3.00 bits per heavy atom. The fourth-order valence-electron chi connectivity index (χ4n) is 2.75. The molecule has 0 radical (unpaired) electrons. The topological polar surface area (TPSA) is 41.1 Å². The average Bonchev–Trinajstić information content (AvgIpc) is 3.20. The van der Waals surface area contributed by atoms with Gasteiger partial charge in [0.25, 0.3) is 5.91 Å². The molecule has 2 aliphatic rings. The third-order valence-electron chi connectivity index (χ3n) is 4.08. The van der Waals surface area contributed by atoms with Crippen LogP contribution in [0.1, 0.15) is 46.8 Å². The second kappa shape index (κ2) is 4.73. The molecule has 3 nitrogen and oxygen atoms in total. The van der Waals surface area contributed by atoms with E-state index in [4.69, 9.17) is 0 Å². The maximum Gasteiger partial charge on any atom is 0.251 e. The number of carbonyl (C=O) groups is 1. The Morgan fingerprint density at radius 2 is 2.28 bits per heavy atom. The van der Waals surface area contributed by atoms with Crippen LogP contribution in [0.15, 0.2) is 18.2 Å². The highest BCUT2D eigenvalue weighted by molar-refractivity contribution is 5.96. The first-order valence-electron chi connectivity index (χ1n) is 6.86. The van der Waals surface area contributed by atoms with Crippen molar-refractivity contribution in [1.29, 1.82) is 0 Å². The maximum absolute atomic E-state index is 11.9. The van der Waals surface area contributed by atoms with Crippen LogP contribution in [0.3, 0.4) is 0 Å². The van der Waals surface area contributed by atoms with E-state index in [1.54, 1.807) is 0 Å². The molecule has 1 atom stereocenters. The molecule has 0 aromatic heterocycles. The minimum atomic E-state index is 0.0828. The SMILES string of the molecule is CNC(CC1CC1)c1ccc2c(c1)C(=O)NCC2. The Bertz CT molecular complexity index is 466. The molecular weight excluding hydrogens is 224 g/mol. The van der Waals surface area contributed by atoms with Gasteiger partial charge in [-0.1, -0.05) is 25.0 Å². The summed E-state index contributed by atoms with van der Waals surface area (Å²) in [7, 11) is 2.01. The molecule has 0 bridgehead atoms. The standard InChI is InChI=1S/C15H20N2O/c1-16-14(8-10-2-3-10)12-5-4-11-6-7-17-15(18)13(11)9-12/h4-5,9-10,14,16H,2-3,6-8H2,1H3,(H,17,18). The summed E-state index contributed by atoms with van der Waals surface area (Å²) in [5, 5.41) is 6.30. The lowest BCUT2D eigenvalue weighted by molar-refractivity contribution is 0.0946. The number of rotatable bonds is 4. The van der Waals surface area contributed by atoms with E-state index >= 15 is 0 Å². The summed E-state index contributed by atoms with van der Waals surface area (Å²) in [6, 6.07) is 6.77. The van der Waals surface area contributed by atoms with E-state index in [0.29, 0.717) is 6.04 Å². The van der Waals surface area contributed by atoms with Gasteiger partial charge in [0, 0.05) is 18.2 Å². The number of carbonyl (C=O) groups excluding carboxylic acids is 1. The second-order valence-electron chi connectivity index (χ2n) is 5.44. The van der Waals surface area contributed by atoms with E-state index in [2.05, 4.69) is 28.8 Å². The summed E-state index contributed by atoms with van der Waals surface area (Å²) in [5.74, 6) is 0.965.